The maximum atomic E-state index is 9.92. The summed E-state index contributed by atoms with van der Waals surface area (Å²) in [6.45, 7) is 2.16. The van der Waals surface area contributed by atoms with Crippen molar-refractivity contribution in [3.8, 4) is 5.75 Å². The molecule has 0 bridgehead atoms. The molecule has 0 aliphatic heterocycles. The van der Waals surface area contributed by atoms with Gasteiger partial charge in [-0.25, -0.2) is 0 Å². The minimum atomic E-state index is -1.35. The van der Waals surface area contributed by atoms with Crippen molar-refractivity contribution < 1.29 is 9.84 Å². The third kappa shape index (κ3) is 2.71. The molecule has 1 aromatic carbocycles. The highest BCUT2D eigenvalue weighted by molar-refractivity contribution is 6.43. The van der Waals surface area contributed by atoms with Gasteiger partial charge >= 0.3 is 0 Å². The van der Waals surface area contributed by atoms with Gasteiger partial charge in [0, 0.05) is 0 Å². The lowest BCUT2D eigenvalue weighted by Gasteiger charge is -2.14. The first-order chi connectivity index (χ1) is 10.1. The molecule has 2 unspecified atom stereocenters. The monoisotopic (exact) mass is 328 g/mol. The molecule has 0 fully saturated rings. The van der Waals surface area contributed by atoms with Crippen molar-refractivity contribution in [1.82, 2.24) is 20.6 Å². The highest BCUT2D eigenvalue weighted by Gasteiger charge is 2.27. The zero-order chi connectivity index (χ0) is 15.0. The van der Waals surface area contributed by atoms with Crippen LogP contribution < -0.4 is 4.74 Å². The molecule has 0 spiro atoms. The topological polar surface area (TPSA) is 83.9 Å². The Hall–Kier alpha value is -1.37. The maximum absolute atomic E-state index is 9.92. The van der Waals surface area contributed by atoms with Gasteiger partial charge in [0.25, 0.3) is 6.29 Å². The second kappa shape index (κ2) is 5.79. The van der Waals surface area contributed by atoms with E-state index in [2.05, 4.69) is 27.5 Å². The van der Waals surface area contributed by atoms with Crippen molar-refractivity contribution in [3.63, 3.8) is 0 Å². The van der Waals surface area contributed by atoms with Crippen LogP contribution in [0.1, 0.15) is 36.6 Å². The summed E-state index contributed by atoms with van der Waals surface area (Å²) in [6.07, 6.45) is 1.61. The Bertz CT molecular complexity index is 648. The summed E-state index contributed by atoms with van der Waals surface area (Å²) in [7, 11) is 0. The molecule has 0 saturated heterocycles. The van der Waals surface area contributed by atoms with Crippen molar-refractivity contribution in [1.29, 1.82) is 0 Å². The Morgan fingerprint density at radius 2 is 2.24 bits per heavy atom. The van der Waals surface area contributed by atoms with E-state index in [1.54, 1.807) is 0 Å². The third-order valence-corrected chi connectivity index (χ3v) is 4.66. The Morgan fingerprint density at radius 1 is 1.43 bits per heavy atom. The molecule has 2 N–H and O–H groups in total. The summed E-state index contributed by atoms with van der Waals surface area (Å²) in [5, 5.41) is 23.7. The quantitative estimate of drug-likeness (QED) is 0.843. The van der Waals surface area contributed by atoms with Crippen molar-refractivity contribution in [3.05, 3.63) is 33.1 Å². The van der Waals surface area contributed by atoms with Gasteiger partial charge in [-0.15, -0.1) is 10.2 Å². The lowest BCUT2D eigenvalue weighted by Crippen LogP contribution is -2.09. The fourth-order valence-electron chi connectivity index (χ4n) is 2.59. The van der Waals surface area contributed by atoms with Crippen LogP contribution in [0.3, 0.4) is 0 Å². The van der Waals surface area contributed by atoms with Crippen molar-refractivity contribution in [2.75, 3.05) is 0 Å². The highest BCUT2D eigenvalue weighted by atomic mass is 35.5. The van der Waals surface area contributed by atoms with Crippen molar-refractivity contribution in [2.24, 2.45) is 5.92 Å². The smallest absolute Gasteiger partial charge is 0.262 e. The molecule has 8 heteroatoms. The molecule has 0 amide bonds. The summed E-state index contributed by atoms with van der Waals surface area (Å²) >= 11 is 12.6. The molecular weight excluding hydrogens is 315 g/mol. The molecule has 6 nitrogen and oxygen atoms in total. The van der Waals surface area contributed by atoms with Crippen LogP contribution in [0.5, 0.6) is 5.75 Å². The molecule has 2 aromatic rings. The number of benzene rings is 1. The van der Waals surface area contributed by atoms with Gasteiger partial charge in [0.05, 0.1) is 5.02 Å². The Balaban J connectivity index is 1.89. The number of aliphatic hydroxyl groups is 1. The normalized spacial score (nSPS) is 18.6. The molecule has 2 atom stereocenters. The summed E-state index contributed by atoms with van der Waals surface area (Å²) < 4.78 is 5.42. The van der Waals surface area contributed by atoms with Gasteiger partial charge in [0.15, 0.2) is 0 Å². The van der Waals surface area contributed by atoms with Crippen LogP contribution in [0, 0.1) is 5.92 Å². The zero-order valence-corrected chi connectivity index (χ0v) is 12.8. The predicted octanol–water partition coefficient (Wildman–Crippen LogP) is 2.70. The molecule has 0 radical (unpaired) electrons. The molecule has 3 rings (SSSR count). The van der Waals surface area contributed by atoms with Gasteiger partial charge in [0.2, 0.25) is 5.82 Å². The van der Waals surface area contributed by atoms with Gasteiger partial charge in [-0.3, -0.25) is 0 Å². The van der Waals surface area contributed by atoms with Crippen LogP contribution in [0.25, 0.3) is 0 Å². The van der Waals surface area contributed by atoms with E-state index in [0.717, 1.165) is 30.4 Å². The van der Waals surface area contributed by atoms with E-state index in [4.69, 9.17) is 27.9 Å². The minimum absolute atomic E-state index is 0.0362. The maximum Gasteiger partial charge on any atom is 0.262 e. The highest BCUT2D eigenvalue weighted by Crippen LogP contribution is 2.43. The van der Waals surface area contributed by atoms with Crippen LogP contribution in [0.4, 0.5) is 0 Å². The lowest BCUT2D eigenvalue weighted by molar-refractivity contribution is -0.0264. The number of aromatic amines is 1. The Kier molecular flexibility index (Phi) is 4.01. The van der Waals surface area contributed by atoms with Gasteiger partial charge in [-0.1, -0.05) is 36.5 Å². The number of aliphatic hydroxyl groups excluding tert-OH is 1. The number of tetrazole rings is 1. The first-order valence-electron chi connectivity index (χ1n) is 6.68. The van der Waals surface area contributed by atoms with Crippen LogP contribution >= 0.6 is 23.2 Å². The van der Waals surface area contributed by atoms with Gasteiger partial charge < -0.3 is 9.84 Å². The second-order valence-corrected chi connectivity index (χ2v) is 5.82. The van der Waals surface area contributed by atoms with Crippen LogP contribution in [-0.4, -0.2) is 25.7 Å². The van der Waals surface area contributed by atoms with Gasteiger partial charge in [0.1, 0.15) is 10.8 Å². The fraction of sp³-hybridized carbons (Fsp3) is 0.462. The zero-order valence-electron chi connectivity index (χ0n) is 11.3. The molecule has 1 aliphatic carbocycles. The number of hydrogen-bond donors (Lipinski definition) is 2. The molecule has 21 heavy (non-hydrogen) atoms. The van der Waals surface area contributed by atoms with E-state index < -0.39 is 6.29 Å². The number of nitrogens with one attached hydrogen (secondary N) is 1. The number of H-pyrrole nitrogens is 1. The van der Waals surface area contributed by atoms with E-state index in [9.17, 15) is 5.11 Å². The number of fused-ring (bicyclic) bond motifs is 1. The average molecular weight is 329 g/mol. The lowest BCUT2D eigenvalue weighted by atomic mass is 10.0. The minimum Gasteiger partial charge on any atom is -0.456 e. The third-order valence-electron chi connectivity index (χ3n) is 3.77. The van der Waals surface area contributed by atoms with Crippen LogP contribution in [0.2, 0.25) is 10.0 Å². The summed E-state index contributed by atoms with van der Waals surface area (Å²) in [6, 6.07) is 1.84. The second-order valence-electron chi connectivity index (χ2n) is 5.06. The molecule has 1 aromatic heterocycles. The summed E-state index contributed by atoms with van der Waals surface area (Å²) in [5.74, 6) is 0.939. The number of halogens is 2. The van der Waals surface area contributed by atoms with Crippen molar-refractivity contribution in [2.45, 2.75) is 32.5 Å². The van der Waals surface area contributed by atoms with E-state index in [1.165, 1.54) is 0 Å². The SMILES string of the molecule is CCC1Cc2cc(OC(O)c3nn[nH]n3)c(Cl)c(Cl)c2C1. The predicted molar refractivity (Wildman–Crippen MR) is 77.4 cm³/mol. The average Bonchev–Trinajstić information content (AvgIpc) is 3.13. The summed E-state index contributed by atoms with van der Waals surface area (Å²) in [5.41, 5.74) is 2.20. The molecule has 0 saturated carbocycles. The van der Waals surface area contributed by atoms with E-state index in [1.807, 2.05) is 6.07 Å². The first-order valence-corrected chi connectivity index (χ1v) is 7.43. The van der Waals surface area contributed by atoms with Gasteiger partial charge in [-0.05, 0) is 41.2 Å². The van der Waals surface area contributed by atoms with Gasteiger partial charge in [-0.2, -0.15) is 5.21 Å². The largest absolute Gasteiger partial charge is 0.456 e. The number of ether oxygens (including phenoxy) is 1. The number of aromatic nitrogens is 4. The molecular formula is C13H14Cl2N4O2. The van der Waals surface area contributed by atoms with Crippen molar-refractivity contribution >= 4 is 23.2 Å². The molecule has 112 valence electrons. The van der Waals surface area contributed by atoms with Crippen LogP contribution in [0.15, 0.2) is 6.07 Å². The molecule has 1 aliphatic rings. The fourth-order valence-corrected chi connectivity index (χ4v) is 3.09. The standard InChI is InChI=1S/C13H14Cl2N4O2/c1-2-6-3-7-5-9(11(15)10(14)8(7)4-6)21-13(20)12-16-18-19-17-12/h5-6,13,20H,2-4H2,1H3,(H,16,17,18,19). The number of nitrogens with zero attached hydrogens (tertiary/aromatic N) is 3. The Labute approximate surface area is 131 Å². The van der Waals surface area contributed by atoms with Crippen LogP contribution in [-0.2, 0) is 12.8 Å². The number of rotatable bonds is 4. The molecule has 1 heterocycles. The van der Waals surface area contributed by atoms with E-state index in [-0.39, 0.29) is 5.82 Å². The Morgan fingerprint density at radius 3 is 2.90 bits per heavy atom. The summed E-state index contributed by atoms with van der Waals surface area (Å²) in [4.78, 5) is 0. The van der Waals surface area contributed by atoms with E-state index >= 15 is 0 Å². The number of hydrogen-bond acceptors (Lipinski definition) is 5. The van der Waals surface area contributed by atoms with E-state index in [0.29, 0.717) is 21.7 Å². The first kappa shape index (κ1) is 14.6.